The van der Waals surface area contributed by atoms with Crippen LogP contribution in [0.15, 0.2) is 12.1 Å². The minimum atomic E-state index is -0.780. The molecule has 0 unspecified atom stereocenters. The molecule has 0 N–H and O–H groups in total. The van der Waals surface area contributed by atoms with Gasteiger partial charge in [-0.15, -0.1) is 0 Å². The molecule has 0 amide bonds. The first kappa shape index (κ1) is 12.8. The van der Waals surface area contributed by atoms with Crippen LogP contribution in [0.25, 0.3) is 0 Å². The Morgan fingerprint density at radius 3 is 2.25 bits per heavy atom. The summed E-state index contributed by atoms with van der Waals surface area (Å²) in [5.74, 6) is -1.68. The lowest BCUT2D eigenvalue weighted by molar-refractivity contribution is 0.0935. The van der Waals surface area contributed by atoms with Gasteiger partial charge in [-0.3, -0.25) is 4.79 Å². The number of halogens is 2. The molecule has 0 fully saturated rings. The van der Waals surface area contributed by atoms with Crippen molar-refractivity contribution in [1.82, 2.24) is 0 Å². The smallest absolute Gasteiger partial charge is 0.166 e. The van der Waals surface area contributed by atoms with Crippen LogP contribution in [0.4, 0.5) is 8.78 Å². The van der Waals surface area contributed by atoms with Crippen molar-refractivity contribution >= 4 is 5.78 Å². The number of Topliss-reactive ketones (excluding diaryl/α,β-unsaturated/α-hetero) is 1. The van der Waals surface area contributed by atoms with E-state index >= 15 is 0 Å². The summed E-state index contributed by atoms with van der Waals surface area (Å²) in [6.45, 7) is 7.22. The standard InChI is InChI=1S/C13H16F2O/c1-8-5-9(11(15)6-10(8)14)12(16)7-13(2,3)4/h5-6H,7H2,1-4H3. The molecule has 88 valence electrons. The number of carbonyl (C=O) groups is 1. The minimum absolute atomic E-state index is 0.0196. The van der Waals surface area contributed by atoms with Crippen LogP contribution in [-0.4, -0.2) is 5.78 Å². The second kappa shape index (κ2) is 4.32. The zero-order valence-electron chi connectivity index (χ0n) is 10.0. The largest absolute Gasteiger partial charge is 0.294 e. The van der Waals surface area contributed by atoms with Gasteiger partial charge in [0.15, 0.2) is 5.78 Å². The van der Waals surface area contributed by atoms with Crippen LogP contribution >= 0.6 is 0 Å². The van der Waals surface area contributed by atoms with E-state index in [0.29, 0.717) is 5.56 Å². The third-order valence-electron chi connectivity index (χ3n) is 2.24. The molecule has 0 spiro atoms. The van der Waals surface area contributed by atoms with Crippen LogP contribution in [0, 0.1) is 24.0 Å². The third kappa shape index (κ3) is 3.12. The monoisotopic (exact) mass is 226 g/mol. The highest BCUT2D eigenvalue weighted by Gasteiger charge is 2.20. The van der Waals surface area contributed by atoms with E-state index in [1.807, 2.05) is 20.8 Å². The normalized spacial score (nSPS) is 11.6. The lowest BCUT2D eigenvalue weighted by Crippen LogP contribution is -2.14. The second-order valence-electron chi connectivity index (χ2n) is 5.24. The van der Waals surface area contributed by atoms with Crippen molar-refractivity contribution in [3.8, 4) is 0 Å². The van der Waals surface area contributed by atoms with E-state index < -0.39 is 11.6 Å². The quantitative estimate of drug-likeness (QED) is 0.699. The van der Waals surface area contributed by atoms with Gasteiger partial charge in [-0.2, -0.15) is 0 Å². The number of hydrogen-bond acceptors (Lipinski definition) is 1. The number of ketones is 1. The summed E-state index contributed by atoms with van der Waals surface area (Å²) in [5, 5.41) is 0. The maximum atomic E-state index is 13.4. The Kier molecular flexibility index (Phi) is 3.46. The zero-order chi connectivity index (χ0) is 12.5. The maximum absolute atomic E-state index is 13.4. The van der Waals surface area contributed by atoms with E-state index in [9.17, 15) is 13.6 Å². The lowest BCUT2D eigenvalue weighted by Gasteiger charge is -2.17. The summed E-state index contributed by atoms with van der Waals surface area (Å²) in [6, 6.07) is 2.05. The average Bonchev–Trinajstić information content (AvgIpc) is 2.08. The molecule has 0 aromatic heterocycles. The zero-order valence-corrected chi connectivity index (χ0v) is 10.0. The third-order valence-corrected chi connectivity index (χ3v) is 2.24. The van der Waals surface area contributed by atoms with E-state index in [4.69, 9.17) is 0 Å². The van der Waals surface area contributed by atoms with Crippen molar-refractivity contribution < 1.29 is 13.6 Å². The molecule has 0 radical (unpaired) electrons. The SMILES string of the molecule is Cc1cc(C(=O)CC(C)(C)C)c(F)cc1F. The molecule has 1 rings (SSSR count). The highest BCUT2D eigenvalue weighted by Crippen LogP contribution is 2.23. The van der Waals surface area contributed by atoms with Crippen molar-refractivity contribution in [1.29, 1.82) is 0 Å². The Morgan fingerprint density at radius 1 is 1.19 bits per heavy atom. The van der Waals surface area contributed by atoms with Gasteiger partial charge < -0.3 is 0 Å². The highest BCUT2D eigenvalue weighted by molar-refractivity contribution is 5.96. The van der Waals surface area contributed by atoms with Gasteiger partial charge in [0.25, 0.3) is 0 Å². The number of hydrogen-bond donors (Lipinski definition) is 0. The molecule has 0 saturated carbocycles. The molecule has 0 aliphatic carbocycles. The first-order valence-corrected chi connectivity index (χ1v) is 5.19. The Morgan fingerprint density at radius 2 is 1.75 bits per heavy atom. The predicted octanol–water partition coefficient (Wildman–Crippen LogP) is 3.89. The molecule has 16 heavy (non-hydrogen) atoms. The molecule has 0 aliphatic rings. The topological polar surface area (TPSA) is 17.1 Å². The number of aryl methyl sites for hydroxylation is 1. The van der Waals surface area contributed by atoms with Crippen molar-refractivity contribution in [3.05, 3.63) is 34.9 Å². The van der Waals surface area contributed by atoms with E-state index in [1.54, 1.807) is 0 Å². The summed E-state index contributed by atoms with van der Waals surface area (Å²) in [4.78, 5) is 11.8. The fraction of sp³-hybridized carbons (Fsp3) is 0.462. The van der Waals surface area contributed by atoms with E-state index in [-0.39, 0.29) is 23.2 Å². The van der Waals surface area contributed by atoms with Gasteiger partial charge in [-0.05, 0) is 24.0 Å². The van der Waals surface area contributed by atoms with Crippen molar-refractivity contribution in [3.63, 3.8) is 0 Å². The number of rotatable bonds is 2. The van der Waals surface area contributed by atoms with Crippen LogP contribution in [0.2, 0.25) is 0 Å². The Bertz CT molecular complexity index is 417. The van der Waals surface area contributed by atoms with Crippen LogP contribution in [0.1, 0.15) is 43.1 Å². The van der Waals surface area contributed by atoms with E-state index in [1.165, 1.54) is 13.0 Å². The van der Waals surface area contributed by atoms with Crippen LogP contribution < -0.4 is 0 Å². The Hall–Kier alpha value is -1.25. The summed E-state index contributed by atoms with van der Waals surface area (Å²) in [5.41, 5.74) is 0.0683. The molecular formula is C13H16F2O. The van der Waals surface area contributed by atoms with Gasteiger partial charge in [0.1, 0.15) is 11.6 Å². The molecule has 0 atom stereocenters. The van der Waals surface area contributed by atoms with Gasteiger partial charge >= 0.3 is 0 Å². The van der Waals surface area contributed by atoms with Gasteiger partial charge in [-0.1, -0.05) is 20.8 Å². The van der Waals surface area contributed by atoms with Crippen molar-refractivity contribution in [2.24, 2.45) is 5.41 Å². The highest BCUT2D eigenvalue weighted by atomic mass is 19.1. The molecule has 0 saturated heterocycles. The predicted molar refractivity (Wildman–Crippen MR) is 59.5 cm³/mol. The van der Waals surface area contributed by atoms with E-state index in [2.05, 4.69) is 0 Å². The summed E-state index contributed by atoms with van der Waals surface area (Å²) >= 11 is 0. The lowest BCUT2D eigenvalue weighted by atomic mass is 9.87. The molecule has 1 aromatic carbocycles. The Balaban J connectivity index is 3.05. The van der Waals surface area contributed by atoms with Gasteiger partial charge in [0.05, 0.1) is 5.56 Å². The number of benzene rings is 1. The van der Waals surface area contributed by atoms with Crippen LogP contribution in [0.3, 0.4) is 0 Å². The molecule has 1 aromatic rings. The molecule has 3 heteroatoms. The van der Waals surface area contributed by atoms with Gasteiger partial charge in [-0.25, -0.2) is 8.78 Å². The first-order valence-electron chi connectivity index (χ1n) is 5.19. The van der Waals surface area contributed by atoms with Crippen LogP contribution in [0.5, 0.6) is 0 Å². The molecule has 0 aliphatic heterocycles. The van der Waals surface area contributed by atoms with Crippen molar-refractivity contribution in [2.75, 3.05) is 0 Å². The summed E-state index contributed by atoms with van der Waals surface area (Å²) in [7, 11) is 0. The molecule has 0 bridgehead atoms. The molecule has 1 nitrogen and oxygen atoms in total. The first-order chi connectivity index (χ1) is 7.20. The average molecular weight is 226 g/mol. The van der Waals surface area contributed by atoms with Gasteiger partial charge in [0, 0.05) is 12.5 Å². The van der Waals surface area contributed by atoms with Gasteiger partial charge in [0.2, 0.25) is 0 Å². The molecule has 0 heterocycles. The summed E-state index contributed by atoms with van der Waals surface area (Å²) < 4.78 is 26.4. The summed E-state index contributed by atoms with van der Waals surface area (Å²) in [6.07, 6.45) is 0.245. The van der Waals surface area contributed by atoms with Crippen LogP contribution in [-0.2, 0) is 0 Å². The van der Waals surface area contributed by atoms with Crippen molar-refractivity contribution in [2.45, 2.75) is 34.1 Å². The number of carbonyl (C=O) groups excluding carboxylic acids is 1. The fourth-order valence-electron chi connectivity index (χ4n) is 1.45. The minimum Gasteiger partial charge on any atom is -0.294 e. The fourth-order valence-corrected chi connectivity index (χ4v) is 1.45. The molecular weight excluding hydrogens is 210 g/mol. The maximum Gasteiger partial charge on any atom is 0.166 e. The second-order valence-corrected chi connectivity index (χ2v) is 5.24. The van der Waals surface area contributed by atoms with E-state index in [0.717, 1.165) is 6.07 Å². The Labute approximate surface area is 94.5 Å².